The Labute approximate surface area is 76.0 Å². The Kier molecular flexibility index (Phi) is 3.12. The lowest BCUT2D eigenvalue weighted by atomic mass is 10.3. The molecule has 11 heavy (non-hydrogen) atoms. The fraction of sp³-hybridized carbons (Fsp3) is 0.625. The van der Waals surface area contributed by atoms with Crippen LogP contribution in [0.2, 0.25) is 0 Å². The van der Waals surface area contributed by atoms with Crippen LogP contribution in [0.4, 0.5) is 0 Å². The predicted octanol–water partition coefficient (Wildman–Crippen LogP) is 1.88. The first-order chi connectivity index (χ1) is 5.25. The number of aromatic nitrogens is 2. The maximum Gasteiger partial charge on any atom is 0.324 e. The van der Waals surface area contributed by atoms with Gasteiger partial charge in [-0.3, -0.25) is 0 Å². The van der Waals surface area contributed by atoms with Gasteiger partial charge in [0.05, 0.1) is 13.6 Å². The van der Waals surface area contributed by atoms with Gasteiger partial charge in [0.2, 0.25) is 0 Å². The molecule has 1 rings (SSSR count). The summed E-state index contributed by atoms with van der Waals surface area (Å²) in [6.45, 7) is 3.31. The molecule has 3 heteroatoms. The average molecular weight is 218 g/mol. The van der Waals surface area contributed by atoms with E-state index in [1.165, 1.54) is 12.8 Å². The van der Waals surface area contributed by atoms with Crippen molar-refractivity contribution in [3.8, 4) is 0 Å². The fourth-order valence-electron chi connectivity index (χ4n) is 1.00. The van der Waals surface area contributed by atoms with Crippen LogP contribution in [0.3, 0.4) is 0 Å². The lowest BCUT2D eigenvalue weighted by molar-refractivity contribution is -0.682. The van der Waals surface area contributed by atoms with E-state index >= 15 is 0 Å². The molecule has 62 valence electrons. The SMILES string of the molecule is CCCCn1cc[n+](C)c1Br. The second-order valence-corrected chi connectivity index (χ2v) is 3.43. The molecule has 1 aromatic heterocycles. The Morgan fingerprint density at radius 2 is 2.36 bits per heavy atom. The minimum atomic E-state index is 1.11. The molecule has 0 amide bonds. The summed E-state index contributed by atoms with van der Waals surface area (Å²) in [4.78, 5) is 0. The van der Waals surface area contributed by atoms with E-state index in [9.17, 15) is 0 Å². The lowest BCUT2D eigenvalue weighted by Gasteiger charge is -1.94. The maximum absolute atomic E-state index is 3.51. The number of rotatable bonds is 3. The summed E-state index contributed by atoms with van der Waals surface area (Å²) in [5.74, 6) is 0. The number of unbranched alkanes of at least 4 members (excludes halogenated alkanes) is 1. The van der Waals surface area contributed by atoms with Crippen molar-refractivity contribution in [1.82, 2.24) is 4.57 Å². The molecule has 0 aromatic carbocycles. The van der Waals surface area contributed by atoms with E-state index in [4.69, 9.17) is 0 Å². The highest BCUT2D eigenvalue weighted by atomic mass is 79.9. The molecule has 0 N–H and O–H groups in total. The number of nitrogens with zero attached hydrogens (tertiary/aromatic N) is 2. The normalized spacial score (nSPS) is 10.5. The number of hydrogen-bond donors (Lipinski definition) is 0. The molecule has 2 nitrogen and oxygen atoms in total. The van der Waals surface area contributed by atoms with E-state index < -0.39 is 0 Å². The second-order valence-electron chi connectivity index (χ2n) is 2.73. The van der Waals surface area contributed by atoms with E-state index in [-0.39, 0.29) is 0 Å². The molecule has 0 spiro atoms. The van der Waals surface area contributed by atoms with Crippen molar-refractivity contribution in [3.63, 3.8) is 0 Å². The molecule has 0 saturated heterocycles. The summed E-state index contributed by atoms with van der Waals surface area (Å²) in [5.41, 5.74) is 0. The van der Waals surface area contributed by atoms with Crippen molar-refractivity contribution in [2.24, 2.45) is 7.05 Å². The summed E-state index contributed by atoms with van der Waals surface area (Å²) in [6, 6.07) is 0. The molecular weight excluding hydrogens is 204 g/mol. The molecule has 0 aliphatic rings. The average Bonchev–Trinajstić information content (AvgIpc) is 2.31. The van der Waals surface area contributed by atoms with Crippen molar-refractivity contribution < 1.29 is 4.57 Å². The standard InChI is InChI=1S/C8H14BrN2/c1-3-4-5-11-7-6-10(2)8(11)9/h6-7H,3-5H2,1-2H3/q+1. The van der Waals surface area contributed by atoms with Gasteiger partial charge in [-0.15, -0.1) is 0 Å². The summed E-state index contributed by atoms with van der Waals surface area (Å²) >= 11 is 3.51. The number of hydrogen-bond acceptors (Lipinski definition) is 0. The van der Waals surface area contributed by atoms with E-state index in [1.807, 2.05) is 7.05 Å². The van der Waals surface area contributed by atoms with Crippen LogP contribution in [0.15, 0.2) is 17.1 Å². The van der Waals surface area contributed by atoms with Gasteiger partial charge in [-0.2, -0.15) is 0 Å². The van der Waals surface area contributed by atoms with Crippen LogP contribution in [0.25, 0.3) is 0 Å². The predicted molar refractivity (Wildman–Crippen MR) is 48.2 cm³/mol. The van der Waals surface area contributed by atoms with Crippen LogP contribution in [0, 0.1) is 0 Å². The smallest absolute Gasteiger partial charge is 0.227 e. The Balaban J connectivity index is 2.63. The molecule has 1 aromatic rings. The third-order valence-corrected chi connectivity index (χ3v) is 2.77. The van der Waals surface area contributed by atoms with Crippen LogP contribution < -0.4 is 4.57 Å². The van der Waals surface area contributed by atoms with Gasteiger partial charge in [0.15, 0.2) is 0 Å². The molecule has 0 atom stereocenters. The summed E-state index contributed by atoms with van der Waals surface area (Å²) in [7, 11) is 2.03. The second kappa shape index (κ2) is 3.90. The first kappa shape index (κ1) is 8.78. The largest absolute Gasteiger partial charge is 0.324 e. The van der Waals surface area contributed by atoms with Crippen LogP contribution >= 0.6 is 15.9 Å². The highest BCUT2D eigenvalue weighted by Gasteiger charge is 2.08. The van der Waals surface area contributed by atoms with Gasteiger partial charge in [-0.05, 0) is 6.42 Å². The van der Waals surface area contributed by atoms with Gasteiger partial charge < -0.3 is 0 Å². The maximum atomic E-state index is 3.51. The first-order valence-electron chi connectivity index (χ1n) is 3.96. The van der Waals surface area contributed by atoms with Crippen molar-refractivity contribution in [2.45, 2.75) is 26.3 Å². The Hall–Kier alpha value is -0.310. The van der Waals surface area contributed by atoms with E-state index in [0.717, 1.165) is 11.3 Å². The summed E-state index contributed by atoms with van der Waals surface area (Å²) < 4.78 is 5.42. The zero-order valence-corrected chi connectivity index (χ0v) is 8.63. The third-order valence-electron chi connectivity index (χ3n) is 1.75. The lowest BCUT2D eigenvalue weighted by Crippen LogP contribution is -2.27. The van der Waals surface area contributed by atoms with Crippen molar-refractivity contribution >= 4 is 15.9 Å². The molecule has 0 aliphatic carbocycles. The minimum absolute atomic E-state index is 1.11. The van der Waals surface area contributed by atoms with E-state index in [1.54, 1.807) is 0 Å². The van der Waals surface area contributed by atoms with Crippen molar-refractivity contribution in [2.75, 3.05) is 0 Å². The zero-order valence-electron chi connectivity index (χ0n) is 7.05. The third kappa shape index (κ3) is 2.06. The first-order valence-corrected chi connectivity index (χ1v) is 4.75. The Morgan fingerprint density at radius 1 is 1.64 bits per heavy atom. The number of imidazole rings is 1. The molecule has 0 saturated carbocycles. The minimum Gasteiger partial charge on any atom is -0.227 e. The van der Waals surface area contributed by atoms with Crippen molar-refractivity contribution in [1.29, 1.82) is 0 Å². The highest BCUT2D eigenvalue weighted by Crippen LogP contribution is 2.05. The van der Waals surface area contributed by atoms with E-state index in [0.29, 0.717) is 0 Å². The monoisotopic (exact) mass is 217 g/mol. The molecule has 1 heterocycles. The molecule has 0 fully saturated rings. The molecular formula is C8H14BrN2+. The quantitative estimate of drug-likeness (QED) is 0.685. The Bertz CT molecular complexity index is 230. The van der Waals surface area contributed by atoms with Gasteiger partial charge in [0.25, 0.3) is 0 Å². The van der Waals surface area contributed by atoms with Gasteiger partial charge >= 0.3 is 4.73 Å². The number of halogens is 1. The molecule has 0 bridgehead atoms. The summed E-state index contributed by atoms with van der Waals surface area (Å²) in [6.07, 6.45) is 6.64. The van der Waals surface area contributed by atoms with Gasteiger partial charge in [0.1, 0.15) is 12.4 Å². The molecule has 0 radical (unpaired) electrons. The summed E-state index contributed by atoms with van der Waals surface area (Å²) in [5, 5.41) is 0. The van der Waals surface area contributed by atoms with Gasteiger partial charge in [-0.1, -0.05) is 13.3 Å². The van der Waals surface area contributed by atoms with Gasteiger partial charge in [-0.25, -0.2) is 9.13 Å². The van der Waals surface area contributed by atoms with Crippen LogP contribution in [-0.2, 0) is 13.6 Å². The van der Waals surface area contributed by atoms with Crippen LogP contribution in [0.1, 0.15) is 19.8 Å². The topological polar surface area (TPSA) is 8.81 Å². The van der Waals surface area contributed by atoms with Crippen LogP contribution in [0.5, 0.6) is 0 Å². The number of aryl methyl sites for hydroxylation is 2. The van der Waals surface area contributed by atoms with Crippen molar-refractivity contribution in [3.05, 3.63) is 17.1 Å². The highest BCUT2D eigenvalue weighted by molar-refractivity contribution is 9.10. The fourth-order valence-corrected chi connectivity index (χ4v) is 1.42. The Morgan fingerprint density at radius 3 is 2.82 bits per heavy atom. The van der Waals surface area contributed by atoms with Crippen LogP contribution in [-0.4, -0.2) is 4.57 Å². The molecule has 0 unspecified atom stereocenters. The zero-order chi connectivity index (χ0) is 8.27. The molecule has 0 aliphatic heterocycles. The van der Waals surface area contributed by atoms with E-state index in [2.05, 4.69) is 44.4 Å². The van der Waals surface area contributed by atoms with Gasteiger partial charge in [0, 0.05) is 15.9 Å².